The lowest BCUT2D eigenvalue weighted by Gasteiger charge is -2.12. The highest BCUT2D eigenvalue weighted by molar-refractivity contribution is 5.75. The molecule has 1 fully saturated rings. The summed E-state index contributed by atoms with van der Waals surface area (Å²) >= 11 is 0. The van der Waals surface area contributed by atoms with Crippen LogP contribution in [0, 0.1) is 6.92 Å². The molecule has 3 nitrogen and oxygen atoms in total. The normalized spacial score (nSPS) is 20.7. The highest BCUT2D eigenvalue weighted by Crippen LogP contribution is 2.20. The number of aryl methyl sites for hydroxylation is 1. The molecule has 2 aromatic rings. The Kier molecular flexibility index (Phi) is 2.40. The molecule has 1 aromatic carbocycles. The Labute approximate surface area is 95.0 Å². The van der Waals surface area contributed by atoms with Gasteiger partial charge in [-0.2, -0.15) is 0 Å². The van der Waals surface area contributed by atoms with Gasteiger partial charge in [0.25, 0.3) is 0 Å². The number of hydrogen-bond donors (Lipinski definition) is 0. The Hall–Kier alpha value is -1.35. The third kappa shape index (κ3) is 1.61. The third-order valence-corrected chi connectivity index (χ3v) is 3.26. The van der Waals surface area contributed by atoms with Gasteiger partial charge in [0.1, 0.15) is 5.82 Å². The second-order valence-electron chi connectivity index (χ2n) is 4.39. The highest BCUT2D eigenvalue weighted by Gasteiger charge is 2.18. The van der Waals surface area contributed by atoms with E-state index in [2.05, 4.69) is 34.7 Å². The van der Waals surface area contributed by atoms with Gasteiger partial charge in [-0.1, -0.05) is 12.1 Å². The van der Waals surface area contributed by atoms with Gasteiger partial charge in [0.15, 0.2) is 0 Å². The fourth-order valence-electron chi connectivity index (χ4n) is 2.42. The van der Waals surface area contributed by atoms with Gasteiger partial charge in [-0.3, -0.25) is 0 Å². The fourth-order valence-corrected chi connectivity index (χ4v) is 2.42. The van der Waals surface area contributed by atoms with E-state index in [9.17, 15) is 0 Å². The first-order chi connectivity index (χ1) is 7.84. The van der Waals surface area contributed by atoms with Crippen molar-refractivity contribution in [3.8, 4) is 0 Å². The van der Waals surface area contributed by atoms with E-state index in [4.69, 9.17) is 4.74 Å². The number of imidazole rings is 1. The maximum Gasteiger partial charge on any atom is 0.106 e. The summed E-state index contributed by atoms with van der Waals surface area (Å²) in [4.78, 5) is 4.56. The lowest BCUT2D eigenvalue weighted by atomic mass is 10.2. The van der Waals surface area contributed by atoms with Gasteiger partial charge in [0, 0.05) is 6.61 Å². The molecule has 2 heterocycles. The zero-order chi connectivity index (χ0) is 11.0. The summed E-state index contributed by atoms with van der Waals surface area (Å²) in [6, 6.07) is 8.29. The van der Waals surface area contributed by atoms with Crippen LogP contribution in [0.25, 0.3) is 11.0 Å². The minimum atomic E-state index is 0.372. The second kappa shape index (κ2) is 3.91. The van der Waals surface area contributed by atoms with E-state index in [1.165, 1.54) is 18.4 Å². The SMILES string of the molecule is Cc1nc2ccccc2n1C[C@H]1CCCO1. The molecule has 1 atom stereocenters. The molecule has 0 amide bonds. The van der Waals surface area contributed by atoms with Gasteiger partial charge in [0.05, 0.1) is 23.7 Å². The summed E-state index contributed by atoms with van der Waals surface area (Å²) in [7, 11) is 0. The molecule has 0 saturated carbocycles. The zero-order valence-corrected chi connectivity index (χ0v) is 9.52. The maximum absolute atomic E-state index is 5.68. The van der Waals surface area contributed by atoms with E-state index in [-0.39, 0.29) is 0 Å². The molecule has 16 heavy (non-hydrogen) atoms. The van der Waals surface area contributed by atoms with Crippen LogP contribution in [0.4, 0.5) is 0 Å². The number of para-hydroxylation sites is 2. The first-order valence-corrected chi connectivity index (χ1v) is 5.88. The number of hydrogen-bond acceptors (Lipinski definition) is 2. The molecular formula is C13H16N2O. The van der Waals surface area contributed by atoms with Crippen molar-refractivity contribution in [1.29, 1.82) is 0 Å². The van der Waals surface area contributed by atoms with Crippen LogP contribution in [0.5, 0.6) is 0 Å². The number of rotatable bonds is 2. The Bertz CT molecular complexity index is 498. The predicted molar refractivity (Wildman–Crippen MR) is 63.4 cm³/mol. The van der Waals surface area contributed by atoms with Crippen molar-refractivity contribution in [2.75, 3.05) is 6.61 Å². The van der Waals surface area contributed by atoms with Crippen LogP contribution in [0.2, 0.25) is 0 Å². The molecule has 0 radical (unpaired) electrons. The quantitative estimate of drug-likeness (QED) is 0.771. The van der Waals surface area contributed by atoms with Crippen LogP contribution in [0.15, 0.2) is 24.3 Å². The summed E-state index contributed by atoms with van der Waals surface area (Å²) in [6.45, 7) is 3.91. The first kappa shape index (κ1) is 9.85. The van der Waals surface area contributed by atoms with E-state index < -0.39 is 0 Å². The molecule has 3 rings (SSSR count). The largest absolute Gasteiger partial charge is 0.376 e. The minimum Gasteiger partial charge on any atom is -0.376 e. The van der Waals surface area contributed by atoms with Gasteiger partial charge < -0.3 is 9.30 Å². The average molecular weight is 216 g/mol. The van der Waals surface area contributed by atoms with Crippen molar-refractivity contribution in [2.24, 2.45) is 0 Å². The minimum absolute atomic E-state index is 0.372. The first-order valence-electron chi connectivity index (χ1n) is 5.88. The van der Waals surface area contributed by atoms with Crippen molar-refractivity contribution in [3.63, 3.8) is 0 Å². The molecule has 1 aromatic heterocycles. The Morgan fingerprint density at radius 1 is 1.44 bits per heavy atom. The van der Waals surface area contributed by atoms with E-state index in [0.29, 0.717) is 6.10 Å². The lowest BCUT2D eigenvalue weighted by molar-refractivity contribution is 0.0974. The van der Waals surface area contributed by atoms with Crippen molar-refractivity contribution in [2.45, 2.75) is 32.4 Å². The fraction of sp³-hybridized carbons (Fsp3) is 0.462. The lowest BCUT2D eigenvalue weighted by Crippen LogP contribution is -2.15. The van der Waals surface area contributed by atoms with Crippen molar-refractivity contribution in [3.05, 3.63) is 30.1 Å². The second-order valence-corrected chi connectivity index (χ2v) is 4.39. The number of fused-ring (bicyclic) bond motifs is 1. The number of ether oxygens (including phenoxy) is 1. The van der Waals surface area contributed by atoms with Crippen LogP contribution >= 0.6 is 0 Å². The Morgan fingerprint density at radius 2 is 2.31 bits per heavy atom. The topological polar surface area (TPSA) is 27.1 Å². The molecule has 1 aliphatic heterocycles. The summed E-state index contributed by atoms with van der Waals surface area (Å²) in [6.07, 6.45) is 2.73. The van der Waals surface area contributed by atoms with Gasteiger partial charge in [-0.25, -0.2) is 4.98 Å². The monoisotopic (exact) mass is 216 g/mol. The van der Waals surface area contributed by atoms with Crippen LogP contribution in [0.3, 0.4) is 0 Å². The van der Waals surface area contributed by atoms with Gasteiger partial charge in [-0.15, -0.1) is 0 Å². The van der Waals surface area contributed by atoms with Crippen LogP contribution < -0.4 is 0 Å². The average Bonchev–Trinajstić information content (AvgIpc) is 2.89. The highest BCUT2D eigenvalue weighted by atomic mass is 16.5. The van der Waals surface area contributed by atoms with E-state index >= 15 is 0 Å². The molecule has 0 aliphatic carbocycles. The number of aromatic nitrogens is 2. The van der Waals surface area contributed by atoms with Gasteiger partial charge >= 0.3 is 0 Å². The predicted octanol–water partition coefficient (Wildman–Crippen LogP) is 2.52. The Balaban J connectivity index is 1.98. The molecule has 0 N–H and O–H groups in total. The van der Waals surface area contributed by atoms with Crippen molar-refractivity contribution in [1.82, 2.24) is 9.55 Å². The standard InChI is InChI=1S/C13H16N2O/c1-10-14-12-6-2-3-7-13(12)15(10)9-11-5-4-8-16-11/h2-3,6-7,11H,4-5,8-9H2,1H3/t11-/m1/s1. The van der Waals surface area contributed by atoms with Crippen molar-refractivity contribution < 1.29 is 4.74 Å². The molecule has 1 saturated heterocycles. The summed E-state index contributed by atoms with van der Waals surface area (Å²) in [5, 5.41) is 0. The Morgan fingerprint density at radius 3 is 3.12 bits per heavy atom. The van der Waals surface area contributed by atoms with Crippen molar-refractivity contribution >= 4 is 11.0 Å². The van der Waals surface area contributed by atoms with E-state index in [0.717, 1.165) is 24.5 Å². The molecule has 3 heteroatoms. The molecule has 0 unspecified atom stereocenters. The summed E-state index contributed by atoms with van der Waals surface area (Å²) in [5.74, 6) is 1.08. The molecule has 84 valence electrons. The summed E-state index contributed by atoms with van der Waals surface area (Å²) < 4.78 is 7.95. The van der Waals surface area contributed by atoms with E-state index in [1.54, 1.807) is 0 Å². The molecule has 0 bridgehead atoms. The van der Waals surface area contributed by atoms with Gasteiger partial charge in [-0.05, 0) is 31.9 Å². The summed E-state index contributed by atoms with van der Waals surface area (Å²) in [5.41, 5.74) is 2.30. The van der Waals surface area contributed by atoms with Crippen LogP contribution in [-0.2, 0) is 11.3 Å². The van der Waals surface area contributed by atoms with Gasteiger partial charge in [0.2, 0.25) is 0 Å². The van der Waals surface area contributed by atoms with E-state index in [1.807, 2.05) is 6.07 Å². The zero-order valence-electron chi connectivity index (χ0n) is 9.52. The van der Waals surface area contributed by atoms with Crippen LogP contribution in [0.1, 0.15) is 18.7 Å². The van der Waals surface area contributed by atoms with Crippen LogP contribution in [-0.4, -0.2) is 22.3 Å². The number of nitrogens with zero attached hydrogens (tertiary/aromatic N) is 2. The molecule has 0 spiro atoms. The third-order valence-electron chi connectivity index (χ3n) is 3.26. The maximum atomic E-state index is 5.68. The molecular weight excluding hydrogens is 200 g/mol. The number of benzene rings is 1. The smallest absolute Gasteiger partial charge is 0.106 e. The molecule has 1 aliphatic rings.